The van der Waals surface area contributed by atoms with Gasteiger partial charge in [-0.3, -0.25) is 4.68 Å². The van der Waals surface area contributed by atoms with Crippen molar-refractivity contribution >= 4 is 6.03 Å². The quantitative estimate of drug-likeness (QED) is 0.784. The average Bonchev–Trinajstić information content (AvgIpc) is 3.11. The lowest BCUT2D eigenvalue weighted by Crippen LogP contribution is -2.51. The predicted octanol–water partition coefficient (Wildman–Crippen LogP) is 1.36. The molecular formula is C16H27N5O2. The van der Waals surface area contributed by atoms with Gasteiger partial charge >= 0.3 is 6.03 Å². The monoisotopic (exact) mass is 321 g/mol. The molecule has 1 aromatic heterocycles. The summed E-state index contributed by atoms with van der Waals surface area (Å²) < 4.78 is 1.81. The number of urea groups is 1. The van der Waals surface area contributed by atoms with Crippen LogP contribution in [-0.4, -0.2) is 44.1 Å². The van der Waals surface area contributed by atoms with E-state index in [4.69, 9.17) is 0 Å². The number of aryl methyl sites for hydroxylation is 2. The van der Waals surface area contributed by atoms with Gasteiger partial charge in [0.05, 0.1) is 12.1 Å². The molecule has 0 bridgehead atoms. The zero-order chi connectivity index (χ0) is 16.4. The van der Waals surface area contributed by atoms with Gasteiger partial charge in [0.2, 0.25) is 0 Å². The van der Waals surface area contributed by atoms with Gasteiger partial charge in [0, 0.05) is 19.0 Å². The Bertz CT molecular complexity index is 553. The summed E-state index contributed by atoms with van der Waals surface area (Å²) in [5.74, 6) is 1.93. The molecule has 3 rings (SSSR count). The Kier molecular flexibility index (Phi) is 4.84. The summed E-state index contributed by atoms with van der Waals surface area (Å²) in [5.41, 5.74) is 0. The Morgan fingerprint density at radius 1 is 1.22 bits per heavy atom. The molecule has 0 unspecified atom stereocenters. The van der Waals surface area contributed by atoms with E-state index in [9.17, 15) is 9.90 Å². The number of rotatable bonds is 3. The van der Waals surface area contributed by atoms with Gasteiger partial charge in [-0.25, -0.2) is 9.78 Å². The smallest absolute Gasteiger partial charge is 0.315 e. The van der Waals surface area contributed by atoms with Crippen molar-refractivity contribution in [2.24, 2.45) is 7.05 Å². The standard InChI is InChI=1S/C16H27N5O2/c1-10-17-15(21(2)20-10)11-7-8-14(22)13(9-11)19-16(23)18-12-5-3-4-6-12/h11-14,22H,3-9H2,1-2H3,(H2,18,19,23)/t11-,13+,14+/m0/s1. The van der Waals surface area contributed by atoms with Crippen molar-refractivity contribution in [1.29, 1.82) is 0 Å². The van der Waals surface area contributed by atoms with Crippen molar-refractivity contribution in [3.63, 3.8) is 0 Å². The van der Waals surface area contributed by atoms with Crippen molar-refractivity contribution in [2.45, 2.75) is 76.0 Å². The van der Waals surface area contributed by atoms with Crippen molar-refractivity contribution < 1.29 is 9.90 Å². The lowest BCUT2D eigenvalue weighted by molar-refractivity contribution is 0.0848. The van der Waals surface area contributed by atoms with Crippen molar-refractivity contribution in [2.75, 3.05) is 0 Å². The third kappa shape index (κ3) is 3.83. The van der Waals surface area contributed by atoms with Gasteiger partial charge in [0.25, 0.3) is 0 Å². The number of hydrogen-bond acceptors (Lipinski definition) is 4. The molecule has 7 nitrogen and oxygen atoms in total. The van der Waals surface area contributed by atoms with Crippen LogP contribution in [0.1, 0.15) is 62.5 Å². The van der Waals surface area contributed by atoms with Crippen LogP contribution < -0.4 is 10.6 Å². The average molecular weight is 321 g/mol. The highest BCUT2D eigenvalue weighted by atomic mass is 16.3. The Balaban J connectivity index is 1.59. The van der Waals surface area contributed by atoms with E-state index < -0.39 is 6.10 Å². The highest BCUT2D eigenvalue weighted by molar-refractivity contribution is 5.74. The first-order valence-corrected chi connectivity index (χ1v) is 8.65. The second-order valence-corrected chi connectivity index (χ2v) is 6.92. The number of nitrogens with zero attached hydrogens (tertiary/aromatic N) is 3. The second-order valence-electron chi connectivity index (χ2n) is 6.92. The molecule has 23 heavy (non-hydrogen) atoms. The fourth-order valence-corrected chi connectivity index (χ4v) is 3.89. The maximum absolute atomic E-state index is 12.2. The maximum Gasteiger partial charge on any atom is 0.315 e. The molecule has 0 aliphatic heterocycles. The molecule has 0 aromatic carbocycles. The Morgan fingerprint density at radius 3 is 2.61 bits per heavy atom. The third-order valence-corrected chi connectivity index (χ3v) is 5.09. The highest BCUT2D eigenvalue weighted by Gasteiger charge is 2.33. The largest absolute Gasteiger partial charge is 0.391 e. The number of carbonyl (C=O) groups excluding carboxylic acids is 1. The maximum atomic E-state index is 12.2. The van der Waals surface area contributed by atoms with Crippen LogP contribution in [0.5, 0.6) is 0 Å². The van der Waals surface area contributed by atoms with Crippen LogP contribution in [0.4, 0.5) is 4.79 Å². The molecule has 2 aliphatic rings. The summed E-state index contributed by atoms with van der Waals surface area (Å²) in [4.78, 5) is 16.7. The zero-order valence-electron chi connectivity index (χ0n) is 14.0. The molecular weight excluding hydrogens is 294 g/mol. The minimum atomic E-state index is -0.491. The molecule has 3 N–H and O–H groups in total. The van der Waals surface area contributed by atoms with E-state index in [0.29, 0.717) is 12.8 Å². The topological polar surface area (TPSA) is 92.1 Å². The number of aromatic nitrogens is 3. The molecule has 2 amide bonds. The predicted molar refractivity (Wildman–Crippen MR) is 86.1 cm³/mol. The first kappa shape index (κ1) is 16.2. The normalized spacial score (nSPS) is 28.7. The Hall–Kier alpha value is -1.63. The number of carbonyl (C=O) groups is 1. The van der Waals surface area contributed by atoms with Gasteiger partial charge in [-0.2, -0.15) is 5.10 Å². The lowest BCUT2D eigenvalue weighted by Gasteiger charge is -2.33. The van der Waals surface area contributed by atoms with E-state index in [2.05, 4.69) is 20.7 Å². The molecule has 2 aliphatic carbocycles. The van der Waals surface area contributed by atoms with Crippen LogP contribution in [0, 0.1) is 6.92 Å². The van der Waals surface area contributed by atoms with Gasteiger partial charge in [0.1, 0.15) is 11.6 Å². The van der Waals surface area contributed by atoms with Gasteiger partial charge in [-0.15, -0.1) is 0 Å². The molecule has 3 atom stereocenters. The molecule has 2 saturated carbocycles. The van der Waals surface area contributed by atoms with E-state index in [1.807, 2.05) is 18.7 Å². The van der Waals surface area contributed by atoms with Crippen LogP contribution in [0.15, 0.2) is 0 Å². The van der Waals surface area contributed by atoms with E-state index in [1.54, 1.807) is 0 Å². The van der Waals surface area contributed by atoms with Crippen LogP contribution in [0.3, 0.4) is 0 Å². The summed E-state index contributed by atoms with van der Waals surface area (Å²) in [6.07, 6.45) is 6.24. The second kappa shape index (κ2) is 6.86. The van der Waals surface area contributed by atoms with Gasteiger partial charge in [-0.05, 0) is 39.0 Å². The summed E-state index contributed by atoms with van der Waals surface area (Å²) in [5, 5.41) is 20.5. The summed E-state index contributed by atoms with van der Waals surface area (Å²) >= 11 is 0. The Labute approximate surface area is 136 Å². The number of nitrogens with one attached hydrogen (secondary N) is 2. The number of aliphatic hydroxyl groups is 1. The van der Waals surface area contributed by atoms with Crippen molar-refractivity contribution in [3.05, 3.63) is 11.6 Å². The highest BCUT2D eigenvalue weighted by Crippen LogP contribution is 2.32. The fraction of sp³-hybridized carbons (Fsp3) is 0.812. The first-order chi connectivity index (χ1) is 11.0. The molecule has 2 fully saturated rings. The summed E-state index contributed by atoms with van der Waals surface area (Å²) in [6.45, 7) is 1.88. The number of amides is 2. The van der Waals surface area contributed by atoms with E-state index in [-0.39, 0.29) is 24.0 Å². The molecule has 1 aromatic rings. The van der Waals surface area contributed by atoms with Crippen LogP contribution in [0.2, 0.25) is 0 Å². The zero-order valence-corrected chi connectivity index (χ0v) is 14.0. The summed E-state index contributed by atoms with van der Waals surface area (Å²) in [7, 11) is 1.90. The number of aliphatic hydroxyl groups excluding tert-OH is 1. The van der Waals surface area contributed by atoms with E-state index in [0.717, 1.165) is 30.9 Å². The van der Waals surface area contributed by atoms with Gasteiger partial charge in [0.15, 0.2) is 0 Å². The van der Waals surface area contributed by atoms with Crippen LogP contribution in [0.25, 0.3) is 0 Å². The lowest BCUT2D eigenvalue weighted by atomic mass is 9.83. The van der Waals surface area contributed by atoms with E-state index in [1.165, 1.54) is 12.8 Å². The minimum Gasteiger partial charge on any atom is -0.391 e. The third-order valence-electron chi connectivity index (χ3n) is 5.09. The molecule has 1 heterocycles. The molecule has 0 saturated heterocycles. The molecule has 128 valence electrons. The Morgan fingerprint density at radius 2 is 1.96 bits per heavy atom. The summed E-state index contributed by atoms with van der Waals surface area (Å²) in [6, 6.07) is -0.101. The molecule has 0 spiro atoms. The molecule has 0 radical (unpaired) electrons. The fourth-order valence-electron chi connectivity index (χ4n) is 3.89. The number of hydrogen-bond donors (Lipinski definition) is 3. The van der Waals surface area contributed by atoms with Gasteiger partial charge in [-0.1, -0.05) is 12.8 Å². The van der Waals surface area contributed by atoms with Crippen LogP contribution in [-0.2, 0) is 7.05 Å². The van der Waals surface area contributed by atoms with Crippen molar-refractivity contribution in [1.82, 2.24) is 25.4 Å². The van der Waals surface area contributed by atoms with E-state index >= 15 is 0 Å². The van der Waals surface area contributed by atoms with Gasteiger partial charge < -0.3 is 15.7 Å². The SMILES string of the molecule is Cc1nc([C@H]2CC[C@@H](O)[C@H](NC(=O)NC3CCCC3)C2)n(C)n1. The first-order valence-electron chi connectivity index (χ1n) is 8.65. The minimum absolute atomic E-state index is 0.157. The van der Waals surface area contributed by atoms with Crippen molar-refractivity contribution in [3.8, 4) is 0 Å². The van der Waals surface area contributed by atoms with Crippen LogP contribution >= 0.6 is 0 Å². The molecule has 7 heteroatoms.